The number of aliphatic imine (C=N–C) groups is 1. The second kappa shape index (κ2) is 12.3. The van der Waals surface area contributed by atoms with Crippen molar-refractivity contribution in [3.05, 3.63) is 187 Å². The van der Waals surface area contributed by atoms with E-state index >= 15 is 0 Å². The maximum Gasteiger partial charge on any atom is 0.143 e. The molecule has 0 amide bonds. The van der Waals surface area contributed by atoms with Crippen molar-refractivity contribution in [1.29, 1.82) is 0 Å². The predicted molar refractivity (Wildman–Crippen MR) is 203 cm³/mol. The Morgan fingerprint density at radius 2 is 1.22 bits per heavy atom. The van der Waals surface area contributed by atoms with Gasteiger partial charge in [-0.3, -0.25) is 4.99 Å². The molecule has 0 saturated heterocycles. The Morgan fingerprint density at radius 3 is 2.04 bits per heavy atom. The third kappa shape index (κ3) is 5.34. The first-order valence-electron chi connectivity index (χ1n) is 16.7. The van der Waals surface area contributed by atoms with Crippen molar-refractivity contribution in [3.63, 3.8) is 0 Å². The van der Waals surface area contributed by atoms with Gasteiger partial charge in [-0.05, 0) is 65.2 Å². The van der Waals surface area contributed by atoms with Crippen LogP contribution in [0.3, 0.4) is 0 Å². The van der Waals surface area contributed by atoms with Crippen LogP contribution in [0.15, 0.2) is 179 Å². The van der Waals surface area contributed by atoms with Crippen molar-refractivity contribution in [3.8, 4) is 16.8 Å². The first-order chi connectivity index (χ1) is 24.3. The lowest BCUT2D eigenvalue weighted by atomic mass is 10.0. The minimum atomic E-state index is 0.608. The van der Waals surface area contributed by atoms with Crippen LogP contribution in [0.25, 0.3) is 60.6 Å². The highest BCUT2D eigenvalue weighted by molar-refractivity contribution is 6.13. The number of para-hydroxylation sites is 3. The van der Waals surface area contributed by atoms with Crippen molar-refractivity contribution >= 4 is 49.6 Å². The van der Waals surface area contributed by atoms with Gasteiger partial charge in [0.25, 0.3) is 0 Å². The molecule has 7 aromatic carbocycles. The molecule has 4 heteroatoms. The van der Waals surface area contributed by atoms with Gasteiger partial charge in [0, 0.05) is 44.9 Å². The molecule has 0 spiro atoms. The Kier molecular flexibility index (Phi) is 7.25. The molecule has 0 fully saturated rings. The lowest BCUT2D eigenvalue weighted by Crippen LogP contribution is -2.24. The summed E-state index contributed by atoms with van der Waals surface area (Å²) in [5.74, 6) is 0.880. The molecule has 0 radical (unpaired) electrons. The Morgan fingerprint density at radius 1 is 0.551 bits per heavy atom. The average molecular weight is 632 g/mol. The van der Waals surface area contributed by atoms with Gasteiger partial charge in [0.05, 0.1) is 17.6 Å². The van der Waals surface area contributed by atoms with E-state index in [-0.39, 0.29) is 0 Å². The normalized spacial score (nSPS) is 12.0. The number of hydrogen-bond donors (Lipinski definition) is 1. The van der Waals surface area contributed by atoms with Gasteiger partial charge in [0.15, 0.2) is 0 Å². The third-order valence-electron chi connectivity index (χ3n) is 9.35. The number of amidine groups is 1. The molecular formula is C45H33N3O. The van der Waals surface area contributed by atoms with E-state index in [0.717, 1.165) is 55.7 Å². The molecule has 2 aromatic heterocycles. The van der Waals surface area contributed by atoms with Gasteiger partial charge in [-0.1, -0.05) is 121 Å². The molecular weight excluding hydrogens is 599 g/mol. The van der Waals surface area contributed by atoms with E-state index in [2.05, 4.69) is 155 Å². The summed E-state index contributed by atoms with van der Waals surface area (Å²) in [5, 5.41) is 8.32. The molecule has 234 valence electrons. The van der Waals surface area contributed by atoms with Gasteiger partial charge < -0.3 is 14.3 Å². The summed E-state index contributed by atoms with van der Waals surface area (Å²) in [6.07, 6.45) is 0. The maximum absolute atomic E-state index is 6.41. The fourth-order valence-electron chi connectivity index (χ4n) is 6.95. The molecule has 0 unspecified atom stereocenters. The van der Waals surface area contributed by atoms with E-state index in [1.54, 1.807) is 0 Å². The first kappa shape index (κ1) is 28.8. The van der Waals surface area contributed by atoms with Crippen LogP contribution in [-0.4, -0.2) is 10.4 Å². The van der Waals surface area contributed by atoms with Crippen LogP contribution >= 0.6 is 0 Å². The highest BCUT2D eigenvalue weighted by Crippen LogP contribution is 2.39. The zero-order chi connectivity index (χ0) is 32.6. The molecule has 1 N–H and O–H groups in total. The quantitative estimate of drug-likeness (QED) is 0.140. The smallest absolute Gasteiger partial charge is 0.143 e. The zero-order valence-corrected chi connectivity index (χ0v) is 26.9. The molecule has 0 saturated carbocycles. The molecule has 0 aliphatic rings. The predicted octanol–water partition coefficient (Wildman–Crippen LogP) is 11.1. The Hall–Kier alpha value is -6.39. The van der Waals surface area contributed by atoms with E-state index < -0.39 is 0 Å². The minimum Gasteiger partial charge on any atom is -0.455 e. The average Bonchev–Trinajstić information content (AvgIpc) is 3.71. The largest absolute Gasteiger partial charge is 0.455 e. The van der Waals surface area contributed by atoms with Crippen molar-refractivity contribution in [2.45, 2.75) is 13.1 Å². The highest BCUT2D eigenvalue weighted by atomic mass is 16.3. The van der Waals surface area contributed by atoms with E-state index in [4.69, 9.17) is 9.41 Å². The lowest BCUT2D eigenvalue weighted by molar-refractivity contribution is 0.670. The van der Waals surface area contributed by atoms with Crippen LogP contribution in [0.2, 0.25) is 0 Å². The number of benzene rings is 7. The van der Waals surface area contributed by atoms with Gasteiger partial charge in [0.1, 0.15) is 17.0 Å². The highest BCUT2D eigenvalue weighted by Gasteiger charge is 2.16. The van der Waals surface area contributed by atoms with Gasteiger partial charge in [-0.25, -0.2) is 0 Å². The third-order valence-corrected chi connectivity index (χ3v) is 9.35. The summed E-state index contributed by atoms with van der Waals surface area (Å²) in [4.78, 5) is 5.04. The van der Waals surface area contributed by atoms with Crippen molar-refractivity contribution in [1.82, 2.24) is 9.88 Å². The molecule has 4 nitrogen and oxygen atoms in total. The number of rotatable bonds is 7. The summed E-state index contributed by atoms with van der Waals surface area (Å²) in [5.41, 5.74) is 11.0. The summed E-state index contributed by atoms with van der Waals surface area (Å²) >= 11 is 0. The standard InChI is InChI=1S/C45H33N3O/c1-3-12-31(13-4-1)29-46-45(47-30-32-14-5-2-6-15-32)33-22-25-35(26-23-33)48-41-20-9-7-16-37(41)40-28-34(24-27-42(40)48)36-18-11-19-39-38-17-8-10-21-43(38)49-44(36)39/h1-28H,29-30H2,(H,46,47). The summed E-state index contributed by atoms with van der Waals surface area (Å²) in [7, 11) is 0. The van der Waals surface area contributed by atoms with Crippen LogP contribution in [-0.2, 0) is 13.1 Å². The Labute approximate surface area is 284 Å². The number of aromatic nitrogens is 1. The van der Waals surface area contributed by atoms with E-state index in [9.17, 15) is 0 Å². The lowest BCUT2D eigenvalue weighted by Gasteiger charge is -2.13. The number of nitrogens with one attached hydrogen (secondary N) is 1. The van der Waals surface area contributed by atoms with Gasteiger partial charge in [-0.15, -0.1) is 0 Å². The van der Waals surface area contributed by atoms with Gasteiger partial charge in [0.2, 0.25) is 0 Å². The second-order valence-corrected chi connectivity index (χ2v) is 12.4. The molecule has 0 atom stereocenters. The fraction of sp³-hybridized carbons (Fsp3) is 0.0444. The van der Waals surface area contributed by atoms with Crippen LogP contribution in [0.4, 0.5) is 0 Å². The summed E-state index contributed by atoms with van der Waals surface area (Å²) in [6.45, 7) is 1.31. The van der Waals surface area contributed by atoms with Gasteiger partial charge in [-0.2, -0.15) is 0 Å². The molecule has 9 aromatic rings. The number of fused-ring (bicyclic) bond motifs is 6. The molecule has 0 aliphatic carbocycles. The number of furan rings is 1. The van der Waals surface area contributed by atoms with Crippen molar-refractivity contribution < 1.29 is 4.42 Å². The minimum absolute atomic E-state index is 0.608. The van der Waals surface area contributed by atoms with Crippen molar-refractivity contribution in [2.75, 3.05) is 0 Å². The topological polar surface area (TPSA) is 42.5 Å². The van der Waals surface area contributed by atoms with Crippen LogP contribution < -0.4 is 5.32 Å². The Bertz CT molecular complexity index is 2610. The fourth-order valence-corrected chi connectivity index (χ4v) is 6.95. The van der Waals surface area contributed by atoms with Crippen molar-refractivity contribution in [2.24, 2.45) is 4.99 Å². The molecule has 2 heterocycles. The van der Waals surface area contributed by atoms with Crippen LogP contribution in [0.1, 0.15) is 16.7 Å². The molecule has 49 heavy (non-hydrogen) atoms. The van der Waals surface area contributed by atoms with Gasteiger partial charge >= 0.3 is 0 Å². The van der Waals surface area contributed by atoms with Crippen LogP contribution in [0.5, 0.6) is 0 Å². The number of hydrogen-bond acceptors (Lipinski definition) is 2. The monoisotopic (exact) mass is 631 g/mol. The number of nitrogens with zero attached hydrogens (tertiary/aromatic N) is 2. The molecule has 0 aliphatic heterocycles. The zero-order valence-electron chi connectivity index (χ0n) is 26.9. The SMILES string of the molecule is c1ccc(CN=C(NCc2ccccc2)c2ccc(-n3c4ccccc4c4cc(-c5cccc6c5oc5ccccc56)ccc43)cc2)cc1. The maximum atomic E-state index is 6.41. The first-order valence-corrected chi connectivity index (χ1v) is 16.7. The van der Waals surface area contributed by atoms with E-state index in [1.807, 2.05) is 24.3 Å². The summed E-state index contributed by atoms with van der Waals surface area (Å²) in [6, 6.07) is 59.7. The second-order valence-electron chi connectivity index (χ2n) is 12.4. The van der Waals surface area contributed by atoms with E-state index in [0.29, 0.717) is 13.1 Å². The molecule has 0 bridgehead atoms. The Balaban J connectivity index is 1.11. The summed E-state index contributed by atoms with van der Waals surface area (Å²) < 4.78 is 8.77. The van der Waals surface area contributed by atoms with Crippen LogP contribution in [0, 0.1) is 0 Å². The van der Waals surface area contributed by atoms with E-state index in [1.165, 1.54) is 27.4 Å². The molecule has 9 rings (SSSR count).